The van der Waals surface area contributed by atoms with Crippen LogP contribution in [-0.2, 0) is 6.54 Å². The van der Waals surface area contributed by atoms with Crippen LogP contribution in [0.5, 0.6) is 11.5 Å². The van der Waals surface area contributed by atoms with E-state index in [1.54, 1.807) is 11.0 Å². The molecule has 6 nitrogen and oxygen atoms in total. The molecule has 0 spiro atoms. The fraction of sp³-hybridized carbons (Fsp3) is 0.333. The predicted molar refractivity (Wildman–Crippen MR) is 158 cm³/mol. The van der Waals surface area contributed by atoms with Gasteiger partial charge in [0.1, 0.15) is 5.58 Å². The van der Waals surface area contributed by atoms with Gasteiger partial charge in [-0.3, -0.25) is 9.59 Å². The average Bonchev–Trinajstić information content (AvgIpc) is 3.19. The first-order valence-electron chi connectivity index (χ1n) is 13.7. The number of hydrogen-bond donors (Lipinski definition) is 0. The number of amides is 1. The minimum absolute atomic E-state index is 0.0630. The third-order valence-corrected chi connectivity index (χ3v) is 7.79. The smallest absolute Gasteiger partial charge is 0.291 e. The van der Waals surface area contributed by atoms with Crippen molar-refractivity contribution in [3.8, 4) is 11.5 Å². The second-order valence-corrected chi connectivity index (χ2v) is 11.1. The van der Waals surface area contributed by atoms with Gasteiger partial charge in [0, 0.05) is 11.6 Å². The van der Waals surface area contributed by atoms with Crippen LogP contribution >= 0.6 is 11.6 Å². The quantitative estimate of drug-likeness (QED) is 0.211. The molecule has 0 N–H and O–H groups in total. The SMILES string of the molecule is CCOc1cc(C2c3c(oc4cc(C)c(C)cc4c3=O)C(=O)N2Cc2ccccc2Cl)ccc1OCCC(C)C. The van der Waals surface area contributed by atoms with Crippen LogP contribution in [0.4, 0.5) is 0 Å². The third-order valence-electron chi connectivity index (χ3n) is 7.42. The van der Waals surface area contributed by atoms with Crippen molar-refractivity contribution in [2.75, 3.05) is 13.2 Å². The molecule has 0 saturated carbocycles. The van der Waals surface area contributed by atoms with Gasteiger partial charge in [-0.05, 0) is 85.7 Å². The van der Waals surface area contributed by atoms with E-state index in [1.165, 1.54) is 0 Å². The van der Waals surface area contributed by atoms with Crippen molar-refractivity contribution in [2.45, 2.75) is 53.6 Å². The summed E-state index contributed by atoms with van der Waals surface area (Å²) in [6.07, 6.45) is 0.913. The number of nitrogens with zero attached hydrogens (tertiary/aromatic N) is 1. The van der Waals surface area contributed by atoms with E-state index >= 15 is 0 Å². The Morgan fingerprint density at radius 1 is 0.975 bits per heavy atom. The van der Waals surface area contributed by atoms with Gasteiger partial charge in [0.15, 0.2) is 16.9 Å². The Bertz CT molecular complexity index is 1640. The molecule has 0 radical (unpaired) electrons. The van der Waals surface area contributed by atoms with Crippen LogP contribution in [0.3, 0.4) is 0 Å². The molecule has 4 aromatic rings. The van der Waals surface area contributed by atoms with E-state index < -0.39 is 6.04 Å². The van der Waals surface area contributed by atoms with Crippen LogP contribution in [-0.4, -0.2) is 24.0 Å². The molecule has 0 fully saturated rings. The molecule has 1 amide bonds. The number of rotatable bonds is 9. The van der Waals surface area contributed by atoms with Crippen LogP contribution in [0.25, 0.3) is 11.0 Å². The molecule has 7 heteroatoms. The fourth-order valence-corrected chi connectivity index (χ4v) is 5.28. The highest BCUT2D eigenvalue weighted by atomic mass is 35.5. The van der Waals surface area contributed by atoms with E-state index in [2.05, 4.69) is 13.8 Å². The Kier molecular flexibility index (Phi) is 7.90. The molecular formula is C33H34ClNO5. The molecule has 1 atom stereocenters. The summed E-state index contributed by atoms with van der Waals surface area (Å²) in [5.74, 6) is 1.42. The number of benzene rings is 3. The Balaban J connectivity index is 1.67. The minimum Gasteiger partial charge on any atom is -0.490 e. The lowest BCUT2D eigenvalue weighted by atomic mass is 9.97. The maximum absolute atomic E-state index is 14.0. The van der Waals surface area contributed by atoms with Gasteiger partial charge in [0.25, 0.3) is 5.91 Å². The summed E-state index contributed by atoms with van der Waals surface area (Å²) in [6.45, 7) is 11.3. The highest BCUT2D eigenvalue weighted by Gasteiger charge is 2.43. The average molecular weight is 560 g/mol. The first-order valence-corrected chi connectivity index (χ1v) is 14.1. The lowest BCUT2D eigenvalue weighted by Gasteiger charge is -2.26. The van der Waals surface area contributed by atoms with E-state index in [0.29, 0.717) is 52.2 Å². The number of carbonyl (C=O) groups is 1. The van der Waals surface area contributed by atoms with Gasteiger partial charge in [-0.25, -0.2) is 0 Å². The van der Waals surface area contributed by atoms with Crippen LogP contribution in [0.2, 0.25) is 5.02 Å². The van der Waals surface area contributed by atoms with E-state index in [1.807, 2.05) is 69.3 Å². The van der Waals surface area contributed by atoms with Crippen molar-refractivity contribution in [1.82, 2.24) is 4.90 Å². The Labute approximate surface area is 239 Å². The number of aryl methyl sites for hydroxylation is 2. The molecule has 3 aromatic carbocycles. The molecule has 0 bridgehead atoms. The number of fused-ring (bicyclic) bond motifs is 2. The Morgan fingerprint density at radius 2 is 1.73 bits per heavy atom. The van der Waals surface area contributed by atoms with Crippen molar-refractivity contribution in [1.29, 1.82) is 0 Å². The Hall–Kier alpha value is -3.77. The zero-order valence-corrected chi connectivity index (χ0v) is 24.3. The highest BCUT2D eigenvalue weighted by Crippen LogP contribution is 2.42. The van der Waals surface area contributed by atoms with Crippen molar-refractivity contribution < 1.29 is 18.7 Å². The molecule has 208 valence electrons. The zero-order chi connectivity index (χ0) is 28.6. The summed E-state index contributed by atoms with van der Waals surface area (Å²) < 4.78 is 18.2. The van der Waals surface area contributed by atoms with E-state index in [9.17, 15) is 9.59 Å². The molecule has 40 heavy (non-hydrogen) atoms. The number of ether oxygens (including phenoxy) is 2. The molecule has 0 aliphatic carbocycles. The van der Waals surface area contributed by atoms with Crippen LogP contribution in [0.15, 0.2) is 63.8 Å². The summed E-state index contributed by atoms with van der Waals surface area (Å²) in [5, 5.41) is 1.00. The van der Waals surface area contributed by atoms with Gasteiger partial charge >= 0.3 is 0 Å². The van der Waals surface area contributed by atoms with Crippen molar-refractivity contribution >= 4 is 28.5 Å². The largest absolute Gasteiger partial charge is 0.490 e. The number of carbonyl (C=O) groups excluding carboxylic acids is 1. The van der Waals surface area contributed by atoms with Gasteiger partial charge in [-0.15, -0.1) is 0 Å². The van der Waals surface area contributed by atoms with Crippen LogP contribution in [0, 0.1) is 19.8 Å². The van der Waals surface area contributed by atoms with Gasteiger partial charge in [-0.2, -0.15) is 0 Å². The first-order chi connectivity index (χ1) is 19.2. The van der Waals surface area contributed by atoms with E-state index in [4.69, 9.17) is 25.5 Å². The highest BCUT2D eigenvalue weighted by molar-refractivity contribution is 6.31. The molecule has 1 unspecified atom stereocenters. The standard InChI is InChI=1S/C33H34ClNO5/c1-6-38-28-17-22(11-12-26(28)39-14-13-19(2)3)30-29-31(36)24-15-20(4)21(5)16-27(24)40-32(29)33(37)35(30)18-23-9-7-8-10-25(23)34/h7-12,15-17,19,30H,6,13-14,18H2,1-5H3. The normalized spacial score (nSPS) is 14.7. The van der Waals surface area contributed by atoms with Gasteiger partial charge in [-0.1, -0.05) is 49.7 Å². The zero-order valence-electron chi connectivity index (χ0n) is 23.5. The molecular weight excluding hydrogens is 526 g/mol. The van der Waals surface area contributed by atoms with Crippen molar-refractivity contribution in [3.63, 3.8) is 0 Å². The topological polar surface area (TPSA) is 69.0 Å². The summed E-state index contributed by atoms with van der Waals surface area (Å²) in [4.78, 5) is 29.6. The predicted octanol–water partition coefficient (Wildman–Crippen LogP) is 7.63. The minimum atomic E-state index is -0.690. The van der Waals surface area contributed by atoms with E-state index in [0.717, 1.165) is 28.7 Å². The molecule has 5 rings (SSSR count). The van der Waals surface area contributed by atoms with Crippen LogP contribution in [0.1, 0.15) is 71.6 Å². The summed E-state index contributed by atoms with van der Waals surface area (Å²) >= 11 is 6.51. The fourth-order valence-electron chi connectivity index (χ4n) is 5.08. The summed E-state index contributed by atoms with van der Waals surface area (Å²) in [5.41, 5.74) is 3.99. The van der Waals surface area contributed by atoms with E-state index in [-0.39, 0.29) is 23.6 Å². The van der Waals surface area contributed by atoms with Gasteiger partial charge in [0.05, 0.1) is 30.2 Å². The molecule has 1 aliphatic heterocycles. The maximum atomic E-state index is 14.0. The second kappa shape index (κ2) is 11.4. The van der Waals surface area contributed by atoms with Crippen molar-refractivity contribution in [3.05, 3.63) is 103 Å². The molecule has 2 heterocycles. The van der Waals surface area contributed by atoms with Gasteiger partial charge < -0.3 is 18.8 Å². The molecule has 1 aromatic heterocycles. The molecule has 0 saturated heterocycles. The number of hydrogen-bond acceptors (Lipinski definition) is 5. The lowest BCUT2D eigenvalue weighted by molar-refractivity contribution is 0.0714. The lowest BCUT2D eigenvalue weighted by Crippen LogP contribution is -2.29. The third kappa shape index (κ3) is 5.20. The van der Waals surface area contributed by atoms with Gasteiger partial charge in [0.2, 0.25) is 5.76 Å². The monoisotopic (exact) mass is 559 g/mol. The molecule has 1 aliphatic rings. The summed E-state index contributed by atoms with van der Waals surface area (Å²) in [6, 6.07) is 16.0. The summed E-state index contributed by atoms with van der Waals surface area (Å²) in [7, 11) is 0. The van der Waals surface area contributed by atoms with Crippen molar-refractivity contribution in [2.24, 2.45) is 5.92 Å². The second-order valence-electron chi connectivity index (χ2n) is 10.7. The van der Waals surface area contributed by atoms with Crippen LogP contribution < -0.4 is 14.9 Å². The number of halogens is 1. The maximum Gasteiger partial charge on any atom is 0.291 e. The first kappa shape index (κ1) is 27.8. The Morgan fingerprint density at radius 3 is 2.45 bits per heavy atom.